The number of benzene rings is 1. The predicted octanol–water partition coefficient (Wildman–Crippen LogP) is 4.28. The van der Waals surface area contributed by atoms with Crippen LogP contribution in [0.15, 0.2) is 0 Å². The standard InChI is InChI=1S/C22H47F5O14Si8/c1-28-45(12)35-42(34-43(7,8)9)36-48(30-3,31-4)41-49(32-5,33-6)40-47(14,39-46(13,29-2)38-45)37-44(10,11)16-15-17-18(23)20(25)22(27)21(26)19(17)24/h42H,15-16H2,1-14H3. The zero-order valence-corrected chi connectivity index (χ0v) is 38.3. The summed E-state index contributed by atoms with van der Waals surface area (Å²) in [5.74, 6) is -10.2. The topological polar surface area (TPSA) is 129 Å². The van der Waals surface area contributed by atoms with E-state index in [1.54, 1.807) is 19.6 Å². The highest BCUT2D eigenvalue weighted by Gasteiger charge is 2.66. The summed E-state index contributed by atoms with van der Waals surface area (Å²) in [5, 5.41) is 0. The minimum atomic E-state index is -4.48. The van der Waals surface area contributed by atoms with Crippen molar-refractivity contribution in [2.24, 2.45) is 0 Å². The highest BCUT2D eigenvalue weighted by atomic mass is 28.6. The molecule has 1 aliphatic heterocycles. The van der Waals surface area contributed by atoms with Gasteiger partial charge in [0, 0.05) is 67.9 Å². The zero-order valence-electron chi connectivity index (χ0n) is 30.1. The summed E-state index contributed by atoms with van der Waals surface area (Å²) in [6.07, 6.45) is -0.568. The Morgan fingerprint density at radius 2 is 1.00 bits per heavy atom. The van der Waals surface area contributed by atoms with Crippen molar-refractivity contribution >= 4 is 70.7 Å². The lowest BCUT2D eigenvalue weighted by atomic mass is 10.1. The van der Waals surface area contributed by atoms with Crippen molar-refractivity contribution in [2.75, 3.05) is 42.7 Å². The Morgan fingerprint density at radius 1 is 0.551 bits per heavy atom. The van der Waals surface area contributed by atoms with Crippen LogP contribution in [0, 0.1) is 29.1 Å². The highest BCUT2D eigenvalue weighted by molar-refractivity contribution is 6.89. The summed E-state index contributed by atoms with van der Waals surface area (Å²) in [6.45, 7) is 13.5. The van der Waals surface area contributed by atoms with Gasteiger partial charge < -0.3 is 59.5 Å². The molecule has 0 aromatic heterocycles. The van der Waals surface area contributed by atoms with Gasteiger partial charge in [0.25, 0.3) is 0 Å². The SMILES string of the molecule is CO[Si]1(C)O[SiH](O[Si](C)(C)C)O[Si](OC)(OC)O[Si](OC)(OC)O[Si](C)(O[Si](C)(C)CCc2c(F)c(F)c(F)c(F)c2F)O[Si](C)(OC)O1. The first-order valence-electron chi connectivity index (χ1n) is 14.7. The maximum Gasteiger partial charge on any atom is 0.665 e. The van der Waals surface area contributed by atoms with Crippen molar-refractivity contribution in [1.29, 1.82) is 0 Å². The second-order valence-corrected chi connectivity index (χ2v) is 37.7. The second-order valence-electron chi connectivity index (χ2n) is 12.4. The lowest BCUT2D eigenvalue weighted by Gasteiger charge is -2.45. The third-order valence-corrected chi connectivity index (χ3v) is 33.8. The average Bonchev–Trinajstić information content (AvgIpc) is 3.00. The van der Waals surface area contributed by atoms with Gasteiger partial charge in [-0.25, -0.2) is 22.0 Å². The molecule has 0 saturated carbocycles. The summed E-state index contributed by atoms with van der Waals surface area (Å²) < 4.78 is 156. The number of rotatable bonds is 13. The van der Waals surface area contributed by atoms with Crippen LogP contribution in [0.5, 0.6) is 0 Å². The van der Waals surface area contributed by atoms with Gasteiger partial charge in [-0.2, -0.15) is 0 Å². The molecule has 27 heteroatoms. The van der Waals surface area contributed by atoms with E-state index in [1.165, 1.54) is 55.8 Å². The lowest BCUT2D eigenvalue weighted by Crippen LogP contribution is -2.71. The van der Waals surface area contributed by atoms with Gasteiger partial charge in [0.2, 0.25) is 5.82 Å². The second kappa shape index (κ2) is 17.0. The van der Waals surface area contributed by atoms with Crippen LogP contribution in [-0.4, -0.2) is 113 Å². The molecule has 0 spiro atoms. The summed E-state index contributed by atoms with van der Waals surface area (Å²) in [7, 11) is -22.0. The fraction of sp³-hybridized carbons (Fsp3) is 0.727. The Hall–Kier alpha value is 0.0451. The lowest BCUT2D eigenvalue weighted by molar-refractivity contribution is -0.0191. The van der Waals surface area contributed by atoms with Crippen molar-refractivity contribution in [3.63, 3.8) is 0 Å². The van der Waals surface area contributed by atoms with Gasteiger partial charge in [0.1, 0.15) is 0 Å². The molecule has 1 aromatic carbocycles. The molecule has 2 rings (SSSR count). The van der Waals surface area contributed by atoms with Crippen LogP contribution in [0.3, 0.4) is 0 Å². The maximum atomic E-state index is 14.6. The van der Waals surface area contributed by atoms with Gasteiger partial charge in [-0.15, -0.1) is 0 Å². The molecule has 0 N–H and O–H groups in total. The largest absolute Gasteiger partial charge is 0.665 e. The number of hydrogen-bond donors (Lipinski definition) is 0. The van der Waals surface area contributed by atoms with E-state index in [2.05, 4.69) is 0 Å². The van der Waals surface area contributed by atoms with Crippen LogP contribution in [0.4, 0.5) is 22.0 Å². The average molecular weight is 855 g/mol. The van der Waals surface area contributed by atoms with Crippen molar-refractivity contribution < 1.29 is 81.4 Å². The molecule has 1 fully saturated rings. The first-order valence-corrected chi connectivity index (χ1v) is 32.6. The molecule has 0 aliphatic carbocycles. The Balaban J connectivity index is 2.70. The molecule has 0 bridgehead atoms. The summed E-state index contributed by atoms with van der Waals surface area (Å²) in [4.78, 5) is 0. The van der Waals surface area contributed by atoms with E-state index in [0.717, 1.165) is 0 Å². The van der Waals surface area contributed by atoms with E-state index in [-0.39, 0.29) is 6.04 Å². The Bertz CT molecular complexity index is 1250. The van der Waals surface area contributed by atoms with Crippen LogP contribution in [0.2, 0.25) is 58.4 Å². The van der Waals surface area contributed by atoms with Gasteiger partial charge >= 0.3 is 54.0 Å². The van der Waals surface area contributed by atoms with Gasteiger partial charge in [0.05, 0.1) is 0 Å². The van der Waals surface area contributed by atoms with Crippen LogP contribution >= 0.6 is 0 Å². The Labute approximate surface area is 293 Å². The molecule has 1 aromatic rings. The van der Waals surface area contributed by atoms with E-state index >= 15 is 0 Å². The zero-order chi connectivity index (χ0) is 37.9. The van der Waals surface area contributed by atoms with E-state index in [1.807, 2.05) is 19.6 Å². The van der Waals surface area contributed by atoms with Crippen molar-refractivity contribution in [3.8, 4) is 0 Å². The van der Waals surface area contributed by atoms with E-state index < -0.39 is 112 Å². The first-order chi connectivity index (χ1) is 22.3. The molecule has 4 atom stereocenters. The van der Waals surface area contributed by atoms with Gasteiger partial charge in [-0.1, -0.05) is 0 Å². The molecule has 286 valence electrons. The third kappa shape index (κ3) is 11.8. The van der Waals surface area contributed by atoms with Crippen LogP contribution in [-0.2, 0) is 65.9 Å². The van der Waals surface area contributed by atoms with Gasteiger partial charge in [-0.05, 0) is 45.2 Å². The number of halogens is 5. The fourth-order valence-corrected chi connectivity index (χ4v) is 33.1. The smallest absolute Gasteiger partial charge is 0.419 e. The summed E-state index contributed by atoms with van der Waals surface area (Å²) in [6, 6.07) is -0.158. The Kier molecular flexibility index (Phi) is 15.7. The molecule has 14 nitrogen and oxygen atoms in total. The minimum Gasteiger partial charge on any atom is -0.419 e. The van der Waals surface area contributed by atoms with Crippen molar-refractivity contribution in [1.82, 2.24) is 0 Å². The van der Waals surface area contributed by atoms with Crippen molar-refractivity contribution in [3.05, 3.63) is 34.6 Å². The third-order valence-electron chi connectivity index (χ3n) is 6.78. The molecule has 1 heterocycles. The normalized spacial score (nSPS) is 28.6. The quantitative estimate of drug-likeness (QED) is 0.121. The van der Waals surface area contributed by atoms with E-state index in [0.29, 0.717) is 0 Å². The van der Waals surface area contributed by atoms with Crippen LogP contribution < -0.4 is 0 Å². The van der Waals surface area contributed by atoms with E-state index in [9.17, 15) is 22.0 Å². The summed E-state index contributed by atoms with van der Waals surface area (Å²) >= 11 is 0. The highest BCUT2D eigenvalue weighted by Crippen LogP contribution is 2.34. The monoisotopic (exact) mass is 854 g/mol. The molecule has 49 heavy (non-hydrogen) atoms. The molecular weight excluding hydrogens is 808 g/mol. The predicted molar refractivity (Wildman–Crippen MR) is 180 cm³/mol. The molecular formula is C22H47F5O14Si8. The van der Waals surface area contributed by atoms with Gasteiger partial charge in [0.15, 0.2) is 39.9 Å². The van der Waals surface area contributed by atoms with Crippen molar-refractivity contribution in [2.45, 2.75) is 64.8 Å². The van der Waals surface area contributed by atoms with Crippen LogP contribution in [0.25, 0.3) is 0 Å². The molecule has 0 radical (unpaired) electrons. The van der Waals surface area contributed by atoms with Crippen LogP contribution in [0.1, 0.15) is 5.56 Å². The molecule has 1 aliphatic rings. The fourth-order valence-electron chi connectivity index (χ4n) is 4.39. The van der Waals surface area contributed by atoms with E-state index in [4.69, 9.17) is 59.5 Å². The van der Waals surface area contributed by atoms with Gasteiger partial charge in [-0.3, -0.25) is 0 Å². The number of hydrogen-bond acceptors (Lipinski definition) is 14. The first kappa shape index (κ1) is 45.2. The Morgan fingerprint density at radius 3 is 1.43 bits per heavy atom. The summed E-state index contributed by atoms with van der Waals surface area (Å²) in [5.41, 5.74) is -0.986. The maximum absolute atomic E-state index is 14.6. The molecule has 4 unspecified atom stereocenters. The molecule has 0 amide bonds. The molecule has 1 saturated heterocycles. The minimum absolute atomic E-state index is 0.158.